The van der Waals surface area contributed by atoms with Gasteiger partial charge in [0, 0.05) is 18.3 Å². The molecule has 0 saturated heterocycles. The molecule has 0 saturated carbocycles. The molecule has 0 unspecified atom stereocenters. The van der Waals surface area contributed by atoms with E-state index in [1.54, 1.807) is 63.9 Å². The van der Waals surface area contributed by atoms with Crippen molar-refractivity contribution in [1.82, 2.24) is 0 Å². The van der Waals surface area contributed by atoms with Gasteiger partial charge in [-0.15, -0.1) is 0 Å². The molecule has 0 aliphatic heterocycles. The lowest BCUT2D eigenvalue weighted by Crippen LogP contribution is -2.46. The van der Waals surface area contributed by atoms with Crippen LogP contribution >= 0.6 is 15.2 Å². The van der Waals surface area contributed by atoms with Crippen molar-refractivity contribution < 1.29 is 27.2 Å². The minimum Gasteiger partial charge on any atom is -0.345 e. The first-order valence-electron chi connectivity index (χ1n) is 10.5. The Balaban J connectivity index is 3.03. The Morgan fingerprint density at radius 1 is 0.677 bits per heavy atom. The number of anilines is 1. The van der Waals surface area contributed by atoms with Crippen LogP contribution in [0.25, 0.3) is 0 Å². The molecular formula is C22H33NO6P2. The van der Waals surface area contributed by atoms with Gasteiger partial charge in [0.15, 0.2) is 0 Å². The highest BCUT2D eigenvalue weighted by Crippen LogP contribution is 2.83. The van der Waals surface area contributed by atoms with Gasteiger partial charge in [0.25, 0.3) is 5.02 Å². The van der Waals surface area contributed by atoms with Crippen molar-refractivity contribution >= 4 is 20.9 Å². The molecule has 0 fully saturated rings. The zero-order valence-corrected chi connectivity index (χ0v) is 20.7. The highest BCUT2D eigenvalue weighted by atomic mass is 31.2. The standard InChI is InChI=1S/C22H33NO6P2/c1-6-26-30(24,27-7-2)22(20-16-12-10-13-17-20,31(25,28-8-3)29-9-4)23(5)21-18-14-11-15-19-21/h10-19H,6-9H2,1-5H3. The van der Waals surface area contributed by atoms with Gasteiger partial charge >= 0.3 is 15.2 Å². The van der Waals surface area contributed by atoms with E-state index in [4.69, 9.17) is 18.1 Å². The molecule has 0 aromatic heterocycles. The van der Waals surface area contributed by atoms with Crippen LogP contribution in [0.2, 0.25) is 0 Å². The van der Waals surface area contributed by atoms with Crippen LogP contribution in [0.15, 0.2) is 60.7 Å². The second kappa shape index (κ2) is 11.4. The van der Waals surface area contributed by atoms with Crippen LogP contribution < -0.4 is 4.90 Å². The largest absolute Gasteiger partial charge is 0.373 e. The molecule has 0 heterocycles. The summed E-state index contributed by atoms with van der Waals surface area (Å²) in [7, 11) is -6.64. The summed E-state index contributed by atoms with van der Waals surface area (Å²) in [6.45, 7) is 7.23. The molecule has 0 aliphatic rings. The fourth-order valence-electron chi connectivity index (χ4n) is 3.64. The van der Waals surface area contributed by atoms with Crippen LogP contribution in [0.5, 0.6) is 0 Å². The number of hydrogen-bond donors (Lipinski definition) is 0. The van der Waals surface area contributed by atoms with Crippen LogP contribution in [0.1, 0.15) is 33.3 Å². The highest BCUT2D eigenvalue weighted by Gasteiger charge is 2.69. The monoisotopic (exact) mass is 469 g/mol. The Morgan fingerprint density at radius 3 is 1.39 bits per heavy atom. The average Bonchev–Trinajstić information content (AvgIpc) is 2.76. The quantitative estimate of drug-likeness (QED) is 0.312. The molecule has 7 nitrogen and oxygen atoms in total. The van der Waals surface area contributed by atoms with Crippen molar-refractivity contribution in [2.45, 2.75) is 32.7 Å². The normalized spacial score (nSPS) is 12.7. The third-order valence-corrected chi connectivity index (χ3v) is 11.2. The molecule has 31 heavy (non-hydrogen) atoms. The van der Waals surface area contributed by atoms with Crippen molar-refractivity contribution in [3.8, 4) is 0 Å². The summed E-state index contributed by atoms with van der Waals surface area (Å²) in [5, 5.41) is -1.87. The van der Waals surface area contributed by atoms with Crippen LogP contribution in [0.3, 0.4) is 0 Å². The third-order valence-electron chi connectivity index (χ3n) is 4.73. The molecule has 0 amide bonds. The molecular weight excluding hydrogens is 436 g/mol. The number of hydrogen-bond acceptors (Lipinski definition) is 7. The molecule has 9 heteroatoms. The predicted molar refractivity (Wildman–Crippen MR) is 125 cm³/mol. The lowest BCUT2D eigenvalue weighted by Gasteiger charge is -2.48. The van der Waals surface area contributed by atoms with Crippen molar-refractivity contribution in [3.63, 3.8) is 0 Å². The van der Waals surface area contributed by atoms with Crippen molar-refractivity contribution in [1.29, 1.82) is 0 Å². The second-order valence-electron chi connectivity index (χ2n) is 6.56. The molecule has 172 valence electrons. The first-order chi connectivity index (χ1) is 14.9. The van der Waals surface area contributed by atoms with E-state index in [0.717, 1.165) is 0 Å². The summed E-state index contributed by atoms with van der Waals surface area (Å²) in [5.41, 5.74) is 1.11. The average molecular weight is 469 g/mol. The van der Waals surface area contributed by atoms with E-state index in [1.165, 1.54) is 0 Å². The number of nitrogens with zero attached hydrogens (tertiary/aromatic N) is 1. The van der Waals surface area contributed by atoms with Gasteiger partial charge in [0.2, 0.25) is 0 Å². The van der Waals surface area contributed by atoms with E-state index >= 15 is 0 Å². The molecule has 2 aromatic carbocycles. The fraction of sp³-hybridized carbons (Fsp3) is 0.455. The third kappa shape index (κ3) is 4.83. The Kier molecular flexibility index (Phi) is 9.50. The first-order valence-corrected chi connectivity index (χ1v) is 13.6. The Morgan fingerprint density at radius 2 is 1.03 bits per heavy atom. The van der Waals surface area contributed by atoms with Crippen LogP contribution in [-0.2, 0) is 32.2 Å². The zero-order chi connectivity index (χ0) is 23.0. The van der Waals surface area contributed by atoms with Crippen molar-refractivity contribution in [2.24, 2.45) is 0 Å². The molecule has 0 N–H and O–H groups in total. The maximum Gasteiger partial charge on any atom is 0.373 e. The van der Waals surface area contributed by atoms with Gasteiger partial charge in [0.05, 0.1) is 26.4 Å². The molecule has 2 rings (SSSR count). The Hall–Kier alpha value is -1.46. The number of benzene rings is 2. The van der Waals surface area contributed by atoms with Crippen LogP contribution in [0.4, 0.5) is 5.69 Å². The zero-order valence-electron chi connectivity index (χ0n) is 18.9. The van der Waals surface area contributed by atoms with Gasteiger partial charge in [-0.05, 0) is 39.8 Å². The van der Waals surface area contributed by atoms with Gasteiger partial charge < -0.3 is 23.0 Å². The summed E-state index contributed by atoms with van der Waals surface area (Å²) in [6.07, 6.45) is 0. The Labute approximate surface area is 185 Å². The summed E-state index contributed by atoms with van der Waals surface area (Å²) in [5.74, 6) is 0. The topological polar surface area (TPSA) is 74.3 Å². The van der Waals surface area contributed by atoms with Gasteiger partial charge in [0.1, 0.15) is 0 Å². The molecule has 0 aliphatic carbocycles. The fourth-order valence-corrected chi connectivity index (χ4v) is 9.65. The highest BCUT2D eigenvalue weighted by molar-refractivity contribution is 7.73. The molecule has 0 bridgehead atoms. The SMILES string of the molecule is CCOP(=O)(OCC)C(c1ccccc1)(N(C)c1ccccc1)P(=O)(OCC)OCC. The maximum atomic E-state index is 14.6. The summed E-state index contributed by atoms with van der Waals surface area (Å²) in [4.78, 5) is 1.65. The van der Waals surface area contributed by atoms with Crippen LogP contribution in [-0.4, -0.2) is 33.5 Å². The summed E-state index contributed by atoms with van der Waals surface area (Å²) in [6, 6.07) is 18.1. The lowest BCUT2D eigenvalue weighted by atomic mass is 10.2. The molecule has 0 atom stereocenters. The van der Waals surface area contributed by atoms with E-state index in [2.05, 4.69) is 0 Å². The van der Waals surface area contributed by atoms with E-state index in [0.29, 0.717) is 11.3 Å². The van der Waals surface area contributed by atoms with Gasteiger partial charge in [-0.25, -0.2) is 0 Å². The molecule has 0 spiro atoms. The Bertz CT molecular complexity index is 843. The maximum absolute atomic E-state index is 14.6. The summed E-state index contributed by atoms with van der Waals surface area (Å²) < 4.78 is 52.6. The minimum absolute atomic E-state index is 0.0900. The van der Waals surface area contributed by atoms with Gasteiger partial charge in [-0.2, -0.15) is 0 Å². The van der Waals surface area contributed by atoms with E-state index < -0.39 is 20.2 Å². The predicted octanol–water partition coefficient (Wildman–Crippen LogP) is 6.47. The van der Waals surface area contributed by atoms with Crippen molar-refractivity contribution in [2.75, 3.05) is 38.4 Å². The van der Waals surface area contributed by atoms with E-state index in [9.17, 15) is 9.13 Å². The van der Waals surface area contributed by atoms with Gasteiger partial charge in [-0.3, -0.25) is 9.13 Å². The van der Waals surface area contributed by atoms with Crippen LogP contribution in [0, 0.1) is 0 Å². The molecule has 2 aromatic rings. The lowest BCUT2D eigenvalue weighted by molar-refractivity contribution is 0.176. The van der Waals surface area contributed by atoms with Gasteiger partial charge in [-0.1, -0.05) is 48.5 Å². The second-order valence-corrected chi connectivity index (χ2v) is 11.2. The first kappa shape index (κ1) is 25.8. The van der Waals surface area contributed by atoms with E-state index in [-0.39, 0.29) is 26.4 Å². The number of para-hydroxylation sites is 1. The summed E-state index contributed by atoms with van der Waals surface area (Å²) >= 11 is 0. The number of rotatable bonds is 13. The smallest absolute Gasteiger partial charge is 0.345 e. The van der Waals surface area contributed by atoms with E-state index in [1.807, 2.05) is 36.4 Å². The van der Waals surface area contributed by atoms with Crippen molar-refractivity contribution in [3.05, 3.63) is 66.2 Å². The molecule has 0 radical (unpaired) electrons. The minimum atomic E-state index is -4.17.